The van der Waals surface area contributed by atoms with Crippen molar-refractivity contribution in [3.63, 3.8) is 0 Å². The highest BCUT2D eigenvalue weighted by molar-refractivity contribution is 5.95. The van der Waals surface area contributed by atoms with E-state index in [1.807, 2.05) is 24.4 Å². The molecule has 8 heteroatoms. The summed E-state index contributed by atoms with van der Waals surface area (Å²) in [7, 11) is 2.13. The van der Waals surface area contributed by atoms with Gasteiger partial charge in [0.15, 0.2) is 0 Å². The molecule has 1 fully saturated rings. The number of pyridine rings is 1. The highest BCUT2D eigenvalue weighted by atomic mass is 16.5. The molecule has 3 aromatic rings. The fourth-order valence-electron chi connectivity index (χ4n) is 3.79. The summed E-state index contributed by atoms with van der Waals surface area (Å²) in [6.07, 6.45) is 1.81. The van der Waals surface area contributed by atoms with E-state index >= 15 is 0 Å². The summed E-state index contributed by atoms with van der Waals surface area (Å²) in [6, 6.07) is 18.0. The quantitative estimate of drug-likeness (QED) is 0.537. The standard InChI is InChI=1S/C26H29N5O3/c1-30-11-13-31(14-12-30)24-10-9-20(16-28-24)17-29-26(33)21-6-4-5-19(15-21)18-34-23-8-3-2-7-22(23)25(27)32/h2-10,15-16H,11-14,17-18H2,1H3,(H2,27,32)(H,29,33). The molecule has 3 N–H and O–H groups in total. The van der Waals surface area contributed by atoms with E-state index in [2.05, 4.69) is 27.1 Å². The van der Waals surface area contributed by atoms with Crippen LogP contribution in [0.25, 0.3) is 0 Å². The van der Waals surface area contributed by atoms with Crippen molar-refractivity contribution in [2.75, 3.05) is 38.1 Å². The minimum atomic E-state index is -0.546. The van der Waals surface area contributed by atoms with Crippen LogP contribution in [0.15, 0.2) is 66.9 Å². The van der Waals surface area contributed by atoms with E-state index < -0.39 is 5.91 Å². The molecule has 2 aromatic carbocycles. The van der Waals surface area contributed by atoms with Gasteiger partial charge < -0.3 is 25.6 Å². The van der Waals surface area contributed by atoms with E-state index in [-0.39, 0.29) is 12.5 Å². The maximum Gasteiger partial charge on any atom is 0.252 e. The third-order valence-corrected chi connectivity index (χ3v) is 5.83. The molecular formula is C26H29N5O3. The summed E-state index contributed by atoms with van der Waals surface area (Å²) >= 11 is 0. The van der Waals surface area contributed by atoms with E-state index in [0.717, 1.165) is 43.1 Å². The lowest BCUT2D eigenvalue weighted by atomic mass is 10.1. The zero-order chi connectivity index (χ0) is 23.9. The lowest BCUT2D eigenvalue weighted by Gasteiger charge is -2.33. The Labute approximate surface area is 199 Å². The number of nitrogens with zero attached hydrogens (tertiary/aromatic N) is 3. The number of carbonyl (C=O) groups excluding carboxylic acids is 2. The molecule has 4 rings (SSSR count). The molecule has 8 nitrogen and oxygen atoms in total. The highest BCUT2D eigenvalue weighted by Gasteiger charge is 2.15. The van der Waals surface area contributed by atoms with Crippen LogP contribution in [0.2, 0.25) is 0 Å². The zero-order valence-electron chi connectivity index (χ0n) is 19.2. The number of piperazine rings is 1. The van der Waals surface area contributed by atoms with Gasteiger partial charge in [0, 0.05) is 44.5 Å². The predicted molar refractivity (Wildman–Crippen MR) is 131 cm³/mol. The number of nitrogens with two attached hydrogens (primary N) is 1. The first-order valence-electron chi connectivity index (χ1n) is 11.3. The van der Waals surface area contributed by atoms with Gasteiger partial charge >= 0.3 is 0 Å². The van der Waals surface area contributed by atoms with Crippen LogP contribution in [0.5, 0.6) is 5.75 Å². The number of hydrogen-bond donors (Lipinski definition) is 2. The third kappa shape index (κ3) is 5.90. The van der Waals surface area contributed by atoms with E-state index in [9.17, 15) is 9.59 Å². The first-order chi connectivity index (χ1) is 16.5. The second-order valence-electron chi connectivity index (χ2n) is 8.35. The van der Waals surface area contributed by atoms with Crippen molar-refractivity contribution in [3.8, 4) is 5.75 Å². The Hall–Kier alpha value is -3.91. The molecule has 0 saturated carbocycles. The van der Waals surface area contributed by atoms with Gasteiger partial charge in [-0.3, -0.25) is 9.59 Å². The molecule has 34 heavy (non-hydrogen) atoms. The maximum absolute atomic E-state index is 12.7. The van der Waals surface area contributed by atoms with Gasteiger partial charge in [-0.05, 0) is 48.5 Å². The molecule has 1 aliphatic heterocycles. The largest absolute Gasteiger partial charge is 0.488 e. The number of carbonyl (C=O) groups is 2. The van der Waals surface area contributed by atoms with Gasteiger partial charge in [-0.2, -0.15) is 0 Å². The van der Waals surface area contributed by atoms with Crippen LogP contribution in [-0.2, 0) is 13.2 Å². The second kappa shape index (κ2) is 10.8. The smallest absolute Gasteiger partial charge is 0.252 e. The fraction of sp³-hybridized carbons (Fsp3) is 0.269. The van der Waals surface area contributed by atoms with Crippen LogP contribution in [0.4, 0.5) is 5.82 Å². The number of nitrogens with one attached hydrogen (secondary N) is 1. The summed E-state index contributed by atoms with van der Waals surface area (Å²) in [5.41, 5.74) is 8.00. The molecular weight excluding hydrogens is 430 g/mol. The number of anilines is 1. The average molecular weight is 460 g/mol. The first-order valence-corrected chi connectivity index (χ1v) is 11.3. The van der Waals surface area contributed by atoms with Crippen molar-refractivity contribution >= 4 is 17.6 Å². The Kier molecular flexibility index (Phi) is 7.39. The molecule has 0 atom stereocenters. The Bertz CT molecular complexity index is 1140. The monoisotopic (exact) mass is 459 g/mol. The van der Waals surface area contributed by atoms with E-state index in [4.69, 9.17) is 10.5 Å². The number of ether oxygens (including phenoxy) is 1. The number of rotatable bonds is 8. The van der Waals surface area contributed by atoms with Crippen LogP contribution in [0.3, 0.4) is 0 Å². The van der Waals surface area contributed by atoms with Crippen molar-refractivity contribution in [2.45, 2.75) is 13.2 Å². The molecule has 176 valence electrons. The van der Waals surface area contributed by atoms with Crippen LogP contribution < -0.4 is 20.7 Å². The van der Waals surface area contributed by atoms with Crippen molar-refractivity contribution in [1.29, 1.82) is 0 Å². The van der Waals surface area contributed by atoms with Gasteiger partial charge in [-0.15, -0.1) is 0 Å². The van der Waals surface area contributed by atoms with E-state index in [1.165, 1.54) is 0 Å². The van der Waals surface area contributed by atoms with Gasteiger partial charge in [0.25, 0.3) is 11.8 Å². The number of hydrogen-bond acceptors (Lipinski definition) is 6. The molecule has 2 amide bonds. The lowest BCUT2D eigenvalue weighted by Crippen LogP contribution is -2.44. The van der Waals surface area contributed by atoms with Crippen molar-refractivity contribution in [1.82, 2.24) is 15.2 Å². The SMILES string of the molecule is CN1CCN(c2ccc(CNC(=O)c3cccc(COc4ccccc4C(N)=O)c3)cn2)CC1. The number of amides is 2. The van der Waals surface area contributed by atoms with Crippen molar-refractivity contribution in [2.24, 2.45) is 5.73 Å². The number of aromatic nitrogens is 1. The average Bonchev–Trinajstić information content (AvgIpc) is 2.87. The van der Waals surface area contributed by atoms with E-state index in [0.29, 0.717) is 23.4 Å². The molecule has 0 bridgehead atoms. The minimum Gasteiger partial charge on any atom is -0.488 e. The van der Waals surface area contributed by atoms with Gasteiger partial charge in [0.1, 0.15) is 18.2 Å². The molecule has 1 saturated heterocycles. The second-order valence-corrected chi connectivity index (χ2v) is 8.35. The molecule has 0 aliphatic carbocycles. The number of likely N-dealkylation sites (N-methyl/N-ethyl adjacent to an activating group) is 1. The molecule has 2 heterocycles. The Morgan fingerprint density at radius 3 is 2.53 bits per heavy atom. The maximum atomic E-state index is 12.7. The molecule has 0 unspecified atom stereocenters. The van der Waals surface area contributed by atoms with Crippen molar-refractivity contribution in [3.05, 3.63) is 89.1 Å². The van der Waals surface area contributed by atoms with Crippen LogP contribution >= 0.6 is 0 Å². The summed E-state index contributed by atoms with van der Waals surface area (Å²) in [5, 5.41) is 2.94. The summed E-state index contributed by atoms with van der Waals surface area (Å²) in [6.45, 7) is 4.59. The van der Waals surface area contributed by atoms with E-state index in [1.54, 1.807) is 42.5 Å². The van der Waals surface area contributed by atoms with Gasteiger partial charge in [0.2, 0.25) is 0 Å². The van der Waals surface area contributed by atoms with Crippen LogP contribution in [0, 0.1) is 0 Å². The van der Waals surface area contributed by atoms with Gasteiger partial charge in [0.05, 0.1) is 5.56 Å². The van der Waals surface area contributed by atoms with Crippen LogP contribution in [0.1, 0.15) is 31.8 Å². The minimum absolute atomic E-state index is 0.178. The van der Waals surface area contributed by atoms with Crippen LogP contribution in [-0.4, -0.2) is 54.9 Å². The Morgan fingerprint density at radius 1 is 1.00 bits per heavy atom. The lowest BCUT2D eigenvalue weighted by molar-refractivity contribution is 0.0949. The molecule has 1 aromatic heterocycles. The first kappa shape index (κ1) is 23.3. The Balaban J connectivity index is 1.31. The number of primary amides is 1. The number of para-hydroxylation sites is 1. The molecule has 0 radical (unpaired) electrons. The van der Waals surface area contributed by atoms with Gasteiger partial charge in [-0.1, -0.05) is 30.3 Å². The fourth-order valence-corrected chi connectivity index (χ4v) is 3.79. The van der Waals surface area contributed by atoms with Crippen molar-refractivity contribution < 1.29 is 14.3 Å². The summed E-state index contributed by atoms with van der Waals surface area (Å²) < 4.78 is 5.77. The Morgan fingerprint density at radius 2 is 1.79 bits per heavy atom. The zero-order valence-corrected chi connectivity index (χ0v) is 19.2. The predicted octanol–water partition coefficient (Wildman–Crippen LogP) is 2.44. The topological polar surface area (TPSA) is 101 Å². The molecule has 1 aliphatic rings. The highest BCUT2D eigenvalue weighted by Crippen LogP contribution is 2.19. The molecule has 0 spiro atoms. The third-order valence-electron chi connectivity index (χ3n) is 5.83. The summed E-state index contributed by atoms with van der Waals surface area (Å²) in [4.78, 5) is 33.4. The summed E-state index contributed by atoms with van der Waals surface area (Å²) in [5.74, 6) is 0.656. The van der Waals surface area contributed by atoms with Gasteiger partial charge in [-0.25, -0.2) is 4.98 Å². The number of benzene rings is 2. The normalized spacial score (nSPS) is 14.0.